The lowest BCUT2D eigenvalue weighted by molar-refractivity contribution is -0.974. The first-order valence-corrected chi connectivity index (χ1v) is 20.3. The van der Waals surface area contributed by atoms with E-state index in [2.05, 4.69) is 38.2 Å². The van der Waals surface area contributed by atoms with E-state index in [1.807, 2.05) is 28.1 Å². The molecule has 0 heterocycles. The first kappa shape index (κ1) is 49.0. The van der Waals surface area contributed by atoms with Crippen molar-refractivity contribution in [3.05, 3.63) is 24.3 Å². The highest BCUT2D eigenvalue weighted by Gasteiger charge is 2.50. The Morgan fingerprint density at radius 2 is 0.729 bits per heavy atom. The number of allylic oxidation sites excluding steroid dienone is 4. The Morgan fingerprint density at radius 1 is 0.458 bits per heavy atom. The quantitative estimate of drug-likeness (QED) is 0.0217. The number of unbranched alkanes of at least 4 members (excludes halogenated alkanes) is 22. The second-order valence-electron chi connectivity index (χ2n) is 14.7. The molecule has 0 fully saturated rings. The summed E-state index contributed by atoms with van der Waals surface area (Å²) in [5, 5.41) is 0. The van der Waals surface area contributed by atoms with E-state index in [4.69, 9.17) is 9.47 Å². The predicted molar refractivity (Wildman–Crippen MR) is 202 cm³/mol. The Kier molecular flexibility index (Phi) is 35.0. The van der Waals surface area contributed by atoms with Gasteiger partial charge in [-0.1, -0.05) is 148 Å². The molecule has 48 heavy (non-hydrogen) atoms. The van der Waals surface area contributed by atoms with E-state index in [0.717, 1.165) is 51.4 Å². The van der Waals surface area contributed by atoms with Gasteiger partial charge in [-0.25, -0.2) is 0 Å². The minimum atomic E-state index is -1.28. The SMILES string of the molecule is CCCCCCCC/C=C\CCCCCCCC(=O)OC(CC)(OC(=O)CCCCCCC/C=C\CCCCCCCC)[N+](C)(C)C.[Br-]. The molecule has 6 heteroatoms. The molecule has 0 N–H and O–H groups in total. The number of ether oxygens (including phenoxy) is 2. The van der Waals surface area contributed by atoms with Gasteiger partial charge in [0.1, 0.15) is 0 Å². The number of esters is 2. The van der Waals surface area contributed by atoms with Crippen molar-refractivity contribution in [2.75, 3.05) is 21.1 Å². The Balaban J connectivity index is 0. The first-order chi connectivity index (χ1) is 22.7. The third-order valence-electron chi connectivity index (χ3n) is 9.30. The molecule has 284 valence electrons. The maximum absolute atomic E-state index is 12.8. The summed E-state index contributed by atoms with van der Waals surface area (Å²) in [7, 11) is 5.77. The summed E-state index contributed by atoms with van der Waals surface area (Å²) < 4.78 is 12.1. The van der Waals surface area contributed by atoms with Crippen molar-refractivity contribution < 1.29 is 40.5 Å². The van der Waals surface area contributed by atoms with Gasteiger partial charge >= 0.3 is 17.8 Å². The van der Waals surface area contributed by atoms with Crippen LogP contribution in [0.3, 0.4) is 0 Å². The van der Waals surface area contributed by atoms with Crippen molar-refractivity contribution in [3.8, 4) is 0 Å². The number of halogens is 1. The number of hydrogen-bond acceptors (Lipinski definition) is 4. The fraction of sp³-hybridized carbons (Fsp3) is 0.857. The van der Waals surface area contributed by atoms with Crippen LogP contribution in [0.5, 0.6) is 0 Å². The highest BCUT2D eigenvalue weighted by Crippen LogP contribution is 2.28. The minimum absolute atomic E-state index is 0. The molecule has 0 aromatic rings. The summed E-state index contributed by atoms with van der Waals surface area (Å²) >= 11 is 0. The summed E-state index contributed by atoms with van der Waals surface area (Å²) in [5.41, 5.74) is 0. The van der Waals surface area contributed by atoms with Crippen molar-refractivity contribution in [2.45, 2.75) is 213 Å². The molecule has 0 bridgehead atoms. The fourth-order valence-corrected chi connectivity index (χ4v) is 6.05. The van der Waals surface area contributed by atoms with Gasteiger partial charge in [0.2, 0.25) is 0 Å². The van der Waals surface area contributed by atoms with Crippen LogP contribution in [0.1, 0.15) is 207 Å². The van der Waals surface area contributed by atoms with E-state index in [-0.39, 0.29) is 33.4 Å². The average Bonchev–Trinajstić information content (AvgIpc) is 3.03. The van der Waals surface area contributed by atoms with Crippen LogP contribution in [0.4, 0.5) is 0 Å². The predicted octanol–water partition coefficient (Wildman–Crippen LogP) is 9.92. The molecule has 0 atom stereocenters. The Morgan fingerprint density at radius 3 is 1.00 bits per heavy atom. The molecular weight excluding hydrogens is 662 g/mol. The summed E-state index contributed by atoms with van der Waals surface area (Å²) in [6, 6.07) is 0. The maximum Gasteiger partial charge on any atom is 0.407 e. The third-order valence-corrected chi connectivity index (χ3v) is 9.30. The number of rotatable bonds is 34. The average molecular weight is 743 g/mol. The summed E-state index contributed by atoms with van der Waals surface area (Å²) in [5.74, 6) is -1.82. The Bertz CT molecular complexity index is 735. The molecule has 0 unspecified atom stereocenters. The van der Waals surface area contributed by atoms with Crippen LogP contribution in [-0.4, -0.2) is 43.5 Å². The normalized spacial score (nSPS) is 12.1. The van der Waals surface area contributed by atoms with Crippen LogP contribution in [0, 0.1) is 0 Å². The highest BCUT2D eigenvalue weighted by molar-refractivity contribution is 5.71. The molecule has 0 saturated carbocycles. The van der Waals surface area contributed by atoms with Gasteiger partial charge in [-0.2, -0.15) is 0 Å². The third kappa shape index (κ3) is 28.7. The zero-order valence-corrected chi connectivity index (χ0v) is 34.4. The van der Waals surface area contributed by atoms with E-state index >= 15 is 0 Å². The Hall–Kier alpha value is -1.14. The van der Waals surface area contributed by atoms with Gasteiger partial charge in [0.05, 0.1) is 27.6 Å². The van der Waals surface area contributed by atoms with Gasteiger partial charge in [0.25, 0.3) is 0 Å². The van der Waals surface area contributed by atoms with E-state index < -0.39 is 5.91 Å². The number of quaternary nitrogens is 1. The van der Waals surface area contributed by atoms with Crippen molar-refractivity contribution in [3.63, 3.8) is 0 Å². The van der Waals surface area contributed by atoms with Crippen LogP contribution in [0.2, 0.25) is 0 Å². The molecule has 0 amide bonds. The van der Waals surface area contributed by atoms with Gasteiger partial charge in [0, 0.05) is 12.8 Å². The van der Waals surface area contributed by atoms with Crippen molar-refractivity contribution in [1.29, 1.82) is 0 Å². The van der Waals surface area contributed by atoms with Gasteiger partial charge < -0.3 is 26.5 Å². The van der Waals surface area contributed by atoms with E-state index in [1.54, 1.807) is 0 Å². The van der Waals surface area contributed by atoms with Gasteiger partial charge in [-0.15, -0.1) is 0 Å². The lowest BCUT2D eigenvalue weighted by Crippen LogP contribution is -3.00. The van der Waals surface area contributed by atoms with Crippen molar-refractivity contribution >= 4 is 11.9 Å². The standard InChI is InChI=1S/C42H80NO4.BrH/c1-7-10-12-14-16-18-20-22-24-26-28-30-32-34-36-38-40(44)46-42(9-3,43(4,5)6)47-41(45)39-37-35-33-31-29-27-25-23-21-19-17-15-13-11-8-2;/h22-25H,7-21,26-39H2,1-6H3;1H/q+1;/p-1/b24-22-,25-23-;. The molecule has 0 aliphatic rings. The zero-order chi connectivity index (χ0) is 34.9. The van der Waals surface area contributed by atoms with Crippen molar-refractivity contribution in [1.82, 2.24) is 0 Å². The molecular formula is C42H80BrNO4. The number of carbonyl (C=O) groups is 2. The van der Waals surface area contributed by atoms with Crippen LogP contribution in [0.25, 0.3) is 0 Å². The van der Waals surface area contributed by atoms with E-state index in [0.29, 0.717) is 19.3 Å². The molecule has 0 saturated heterocycles. The van der Waals surface area contributed by atoms with Gasteiger partial charge in [0.15, 0.2) is 0 Å². The summed E-state index contributed by atoms with van der Waals surface area (Å²) in [6.07, 6.45) is 42.4. The van der Waals surface area contributed by atoms with Gasteiger partial charge in [-0.05, 0) is 64.2 Å². The second-order valence-corrected chi connectivity index (χ2v) is 14.7. The monoisotopic (exact) mass is 742 g/mol. The second kappa shape index (κ2) is 34.3. The fourth-order valence-electron chi connectivity index (χ4n) is 6.05. The molecule has 0 aromatic carbocycles. The van der Waals surface area contributed by atoms with E-state index in [1.165, 1.54) is 116 Å². The van der Waals surface area contributed by atoms with Crippen LogP contribution >= 0.6 is 0 Å². The lowest BCUT2D eigenvalue weighted by Gasteiger charge is -2.42. The van der Waals surface area contributed by atoms with Crippen LogP contribution < -0.4 is 17.0 Å². The maximum atomic E-state index is 12.8. The number of carbonyl (C=O) groups excluding carboxylic acids is 2. The molecule has 0 aromatic heterocycles. The smallest absolute Gasteiger partial charge is 0.407 e. The van der Waals surface area contributed by atoms with Crippen molar-refractivity contribution in [2.24, 2.45) is 0 Å². The molecule has 0 radical (unpaired) electrons. The zero-order valence-electron chi connectivity index (χ0n) is 32.8. The summed E-state index contributed by atoms with van der Waals surface area (Å²) in [4.78, 5) is 25.7. The lowest BCUT2D eigenvalue weighted by atomic mass is 10.1. The molecule has 0 rings (SSSR count). The van der Waals surface area contributed by atoms with Crippen LogP contribution in [-0.2, 0) is 19.1 Å². The Labute approximate surface area is 309 Å². The largest absolute Gasteiger partial charge is 1.00 e. The number of nitrogens with zero attached hydrogens (tertiary/aromatic N) is 1. The highest BCUT2D eigenvalue weighted by atomic mass is 79.9. The molecule has 0 spiro atoms. The molecule has 0 aliphatic carbocycles. The first-order valence-electron chi connectivity index (χ1n) is 20.3. The van der Waals surface area contributed by atoms with Gasteiger partial charge in [-0.3, -0.25) is 14.1 Å². The minimum Gasteiger partial charge on any atom is -1.00 e. The summed E-state index contributed by atoms with van der Waals surface area (Å²) in [6.45, 7) is 6.46. The van der Waals surface area contributed by atoms with E-state index in [9.17, 15) is 9.59 Å². The number of hydrogen-bond donors (Lipinski definition) is 0. The topological polar surface area (TPSA) is 52.6 Å². The molecule has 5 nitrogen and oxygen atoms in total. The molecule has 0 aliphatic heterocycles. The van der Waals surface area contributed by atoms with Crippen LogP contribution in [0.15, 0.2) is 24.3 Å².